The fourth-order valence-electron chi connectivity index (χ4n) is 2.30. The molecule has 0 unspecified atom stereocenters. The number of nitrogens with two attached hydrogens (primary N) is 1. The van der Waals surface area contributed by atoms with E-state index in [1.165, 1.54) is 4.52 Å². The van der Waals surface area contributed by atoms with Gasteiger partial charge in [0.1, 0.15) is 0 Å². The molecule has 3 rings (SSSR count). The number of carbonyl (C=O) groups is 1. The Morgan fingerprint density at radius 3 is 2.55 bits per heavy atom. The average Bonchev–Trinajstić information content (AvgIpc) is 2.85. The molecule has 0 fully saturated rings. The zero-order valence-corrected chi connectivity index (χ0v) is 13.4. The summed E-state index contributed by atoms with van der Waals surface area (Å²) in [6.07, 6.45) is 2.00. The van der Waals surface area contributed by atoms with Crippen molar-refractivity contribution in [2.75, 3.05) is 6.26 Å². The summed E-state index contributed by atoms with van der Waals surface area (Å²) in [5, 5.41) is 4.18. The first-order chi connectivity index (χ1) is 10.5. The predicted molar refractivity (Wildman–Crippen MR) is 86.3 cm³/mol. The molecule has 3 aromatic rings. The van der Waals surface area contributed by atoms with Crippen molar-refractivity contribution in [3.05, 3.63) is 40.8 Å². The third-order valence-electron chi connectivity index (χ3n) is 3.25. The molecule has 0 aliphatic rings. The third-order valence-corrected chi connectivity index (χ3v) is 4.16. The van der Waals surface area contributed by atoms with Crippen LogP contribution in [0, 0.1) is 6.92 Å². The van der Waals surface area contributed by atoms with Crippen LogP contribution in [0.15, 0.2) is 29.2 Å². The van der Waals surface area contributed by atoms with Crippen LogP contribution in [0.3, 0.4) is 0 Å². The van der Waals surface area contributed by atoms with Crippen LogP contribution in [0.1, 0.15) is 16.1 Å². The third kappa shape index (κ3) is 2.42. The molecule has 2 aromatic heterocycles. The fourth-order valence-corrected chi connectivity index (χ4v) is 2.85. The molecule has 1 amide bonds. The van der Waals surface area contributed by atoms with Crippen molar-refractivity contribution in [2.24, 2.45) is 5.73 Å². The molecule has 0 saturated carbocycles. The number of rotatable bonds is 3. The van der Waals surface area contributed by atoms with E-state index in [9.17, 15) is 4.79 Å². The summed E-state index contributed by atoms with van der Waals surface area (Å²) in [7, 11) is 0. The highest BCUT2D eigenvalue weighted by atomic mass is 35.5. The molecule has 2 N–H and O–H groups in total. The van der Waals surface area contributed by atoms with Crippen LogP contribution >= 0.6 is 23.4 Å². The summed E-state index contributed by atoms with van der Waals surface area (Å²) in [6.45, 7) is 1.71. The van der Waals surface area contributed by atoms with Gasteiger partial charge < -0.3 is 5.73 Å². The Bertz CT molecular complexity index is 875. The minimum absolute atomic E-state index is 0.0653. The molecule has 2 heterocycles. The molecule has 112 valence electrons. The van der Waals surface area contributed by atoms with Gasteiger partial charge in [0.15, 0.2) is 0 Å². The largest absolute Gasteiger partial charge is 0.365 e. The molecule has 22 heavy (non-hydrogen) atoms. The zero-order chi connectivity index (χ0) is 15.9. The van der Waals surface area contributed by atoms with E-state index in [4.69, 9.17) is 17.3 Å². The number of aromatic nitrogens is 4. The maximum absolute atomic E-state index is 11.9. The summed E-state index contributed by atoms with van der Waals surface area (Å²) in [6, 6.07) is 7.74. The van der Waals surface area contributed by atoms with Crippen LogP contribution in [0.5, 0.6) is 0 Å². The van der Waals surface area contributed by atoms with E-state index in [1.807, 2.05) is 30.5 Å². The van der Waals surface area contributed by atoms with Gasteiger partial charge in [0, 0.05) is 10.5 Å². The normalized spacial score (nSPS) is 11.0. The van der Waals surface area contributed by atoms with Crippen molar-refractivity contribution >= 4 is 35.0 Å². The summed E-state index contributed by atoms with van der Waals surface area (Å²) in [4.78, 5) is 21.3. The molecule has 6 nitrogen and oxygen atoms in total. The van der Waals surface area contributed by atoms with Crippen LogP contribution in [0.25, 0.3) is 17.0 Å². The summed E-state index contributed by atoms with van der Waals surface area (Å²) >= 11 is 7.51. The molecule has 1 aromatic carbocycles. The van der Waals surface area contributed by atoms with Gasteiger partial charge in [-0.05, 0) is 36.9 Å². The van der Waals surface area contributed by atoms with Crippen molar-refractivity contribution in [1.29, 1.82) is 0 Å². The van der Waals surface area contributed by atoms with E-state index in [-0.39, 0.29) is 5.28 Å². The molecule has 0 radical (unpaired) electrons. The highest BCUT2D eigenvalue weighted by Crippen LogP contribution is 2.28. The Kier molecular flexibility index (Phi) is 3.76. The predicted octanol–water partition coefficient (Wildman–Crippen LogP) is 2.57. The molecule has 0 saturated heterocycles. The standard InChI is InChI=1S/C14H12ClN5OS/c1-7-10(12(16)21)11(8-3-5-9(22-2)6-4-8)20-14(17-7)18-13(15)19-20/h3-6H,1-2H3,(H2,16,21). The second kappa shape index (κ2) is 5.58. The Morgan fingerprint density at radius 2 is 1.95 bits per heavy atom. The first kappa shape index (κ1) is 14.8. The molecule has 0 bridgehead atoms. The lowest BCUT2D eigenvalue weighted by molar-refractivity contribution is 0.0999. The lowest BCUT2D eigenvalue weighted by Gasteiger charge is -2.11. The summed E-state index contributed by atoms with van der Waals surface area (Å²) < 4.78 is 1.45. The summed E-state index contributed by atoms with van der Waals surface area (Å²) in [5.41, 5.74) is 7.67. The number of aryl methyl sites for hydroxylation is 1. The van der Waals surface area contributed by atoms with Crippen molar-refractivity contribution < 1.29 is 4.79 Å². The minimum Gasteiger partial charge on any atom is -0.365 e. The average molecular weight is 334 g/mol. The van der Waals surface area contributed by atoms with E-state index in [1.54, 1.807) is 18.7 Å². The molecule has 0 spiro atoms. The van der Waals surface area contributed by atoms with Crippen molar-refractivity contribution in [2.45, 2.75) is 11.8 Å². The Balaban J connectivity index is 2.37. The maximum Gasteiger partial charge on any atom is 0.254 e. The van der Waals surface area contributed by atoms with Gasteiger partial charge in [0.05, 0.1) is 17.0 Å². The molecular weight excluding hydrogens is 322 g/mol. The Labute approximate surface area is 135 Å². The number of hydrogen-bond acceptors (Lipinski definition) is 5. The van der Waals surface area contributed by atoms with Gasteiger partial charge in [-0.15, -0.1) is 16.9 Å². The van der Waals surface area contributed by atoms with Crippen LogP contribution in [-0.2, 0) is 0 Å². The van der Waals surface area contributed by atoms with E-state index in [0.29, 0.717) is 22.7 Å². The van der Waals surface area contributed by atoms with E-state index in [0.717, 1.165) is 10.5 Å². The fraction of sp³-hybridized carbons (Fsp3) is 0.143. The van der Waals surface area contributed by atoms with E-state index < -0.39 is 5.91 Å². The number of primary amides is 1. The highest BCUT2D eigenvalue weighted by Gasteiger charge is 2.20. The van der Waals surface area contributed by atoms with Gasteiger partial charge in [-0.1, -0.05) is 12.1 Å². The first-order valence-corrected chi connectivity index (χ1v) is 7.98. The van der Waals surface area contributed by atoms with Crippen LogP contribution < -0.4 is 5.73 Å². The molecule has 0 aliphatic carbocycles. The van der Waals surface area contributed by atoms with Gasteiger partial charge in [-0.3, -0.25) is 4.79 Å². The number of nitrogens with zero attached hydrogens (tertiary/aromatic N) is 4. The lowest BCUT2D eigenvalue weighted by atomic mass is 10.0. The Morgan fingerprint density at radius 1 is 1.27 bits per heavy atom. The SMILES string of the molecule is CSc1ccc(-c2c(C(N)=O)c(C)nc3nc(Cl)nn23)cc1. The quantitative estimate of drug-likeness (QED) is 0.744. The van der Waals surface area contributed by atoms with Gasteiger partial charge in [0.2, 0.25) is 5.28 Å². The second-order valence-corrected chi connectivity index (χ2v) is 5.82. The van der Waals surface area contributed by atoms with Crippen LogP contribution in [0.2, 0.25) is 5.28 Å². The first-order valence-electron chi connectivity index (χ1n) is 6.38. The number of thioether (sulfide) groups is 1. The molecule has 0 atom stereocenters. The van der Waals surface area contributed by atoms with Crippen molar-refractivity contribution in [3.8, 4) is 11.3 Å². The van der Waals surface area contributed by atoms with E-state index in [2.05, 4.69) is 15.1 Å². The van der Waals surface area contributed by atoms with Crippen molar-refractivity contribution in [1.82, 2.24) is 19.6 Å². The van der Waals surface area contributed by atoms with Crippen LogP contribution in [-0.4, -0.2) is 31.7 Å². The van der Waals surface area contributed by atoms with E-state index >= 15 is 0 Å². The van der Waals surface area contributed by atoms with Gasteiger partial charge in [-0.2, -0.15) is 9.50 Å². The van der Waals surface area contributed by atoms with Crippen LogP contribution in [0.4, 0.5) is 0 Å². The monoisotopic (exact) mass is 333 g/mol. The van der Waals surface area contributed by atoms with Gasteiger partial charge in [-0.25, -0.2) is 4.98 Å². The number of benzene rings is 1. The molecule has 8 heteroatoms. The second-order valence-electron chi connectivity index (χ2n) is 4.61. The van der Waals surface area contributed by atoms with Gasteiger partial charge >= 0.3 is 0 Å². The zero-order valence-electron chi connectivity index (χ0n) is 11.9. The summed E-state index contributed by atoms with van der Waals surface area (Å²) in [5.74, 6) is -0.237. The number of carbonyl (C=O) groups excluding carboxylic acids is 1. The molecule has 0 aliphatic heterocycles. The number of hydrogen-bond donors (Lipinski definition) is 1. The minimum atomic E-state index is -0.567. The highest BCUT2D eigenvalue weighted by molar-refractivity contribution is 7.98. The lowest BCUT2D eigenvalue weighted by Crippen LogP contribution is -2.18. The number of fused-ring (bicyclic) bond motifs is 1. The van der Waals surface area contributed by atoms with Gasteiger partial charge in [0.25, 0.3) is 11.7 Å². The number of halogens is 1. The number of amides is 1. The topological polar surface area (TPSA) is 86.2 Å². The van der Waals surface area contributed by atoms with Crippen molar-refractivity contribution in [3.63, 3.8) is 0 Å². The maximum atomic E-state index is 11.9. The smallest absolute Gasteiger partial charge is 0.254 e. The Hall–Kier alpha value is -2.12. The molecular formula is C14H12ClN5OS.